The number of carboxylic acid groups (broad SMARTS) is 1. The SMILES string of the molecule is COc1ccccc1C(=O)NCC1(c2ccccc2)CCCCC1.O=C(O)NCC(O)c1cccc(O)c1. The van der Waals surface area contributed by atoms with Crippen LogP contribution in [0.25, 0.3) is 0 Å². The Labute approximate surface area is 223 Å². The highest BCUT2D eigenvalue weighted by Crippen LogP contribution is 2.39. The van der Waals surface area contributed by atoms with Gasteiger partial charge in [0.2, 0.25) is 0 Å². The van der Waals surface area contributed by atoms with E-state index < -0.39 is 12.2 Å². The highest BCUT2D eigenvalue weighted by Gasteiger charge is 2.34. The molecule has 0 saturated heterocycles. The van der Waals surface area contributed by atoms with E-state index in [9.17, 15) is 14.7 Å². The fourth-order valence-corrected chi connectivity index (χ4v) is 4.80. The standard InChI is InChI=1S/C21H25NO2.C9H11NO4/c1-24-19-13-7-6-12-18(19)20(23)22-16-21(14-8-3-9-15-21)17-10-4-2-5-11-17;11-7-3-1-2-6(4-7)8(12)5-10-9(13)14/h2,4-7,10-13H,3,8-9,14-16H2,1H3,(H,22,23);1-4,8,10-12H,5H2,(H,13,14). The zero-order valence-corrected chi connectivity index (χ0v) is 21.6. The Hall–Kier alpha value is -4.04. The smallest absolute Gasteiger partial charge is 0.404 e. The van der Waals surface area contributed by atoms with Crippen molar-refractivity contribution in [2.75, 3.05) is 20.2 Å². The van der Waals surface area contributed by atoms with Crippen molar-refractivity contribution >= 4 is 12.0 Å². The predicted molar refractivity (Wildman–Crippen MR) is 146 cm³/mol. The second kappa shape index (κ2) is 14.0. The summed E-state index contributed by atoms with van der Waals surface area (Å²) in [5.41, 5.74) is 2.46. The third-order valence-electron chi connectivity index (χ3n) is 6.84. The van der Waals surface area contributed by atoms with Gasteiger partial charge >= 0.3 is 6.09 Å². The van der Waals surface area contributed by atoms with Crippen molar-refractivity contribution in [3.05, 3.63) is 95.6 Å². The first kappa shape index (κ1) is 28.5. The number of para-hydroxylation sites is 1. The van der Waals surface area contributed by atoms with Crippen molar-refractivity contribution in [2.24, 2.45) is 0 Å². The summed E-state index contributed by atoms with van der Waals surface area (Å²) in [5, 5.41) is 32.1. The van der Waals surface area contributed by atoms with Crippen LogP contribution in [0.1, 0.15) is 59.7 Å². The maximum absolute atomic E-state index is 12.6. The summed E-state index contributed by atoms with van der Waals surface area (Å²) >= 11 is 0. The van der Waals surface area contributed by atoms with Crippen molar-refractivity contribution in [2.45, 2.75) is 43.6 Å². The van der Waals surface area contributed by atoms with Gasteiger partial charge in [0, 0.05) is 12.0 Å². The van der Waals surface area contributed by atoms with Gasteiger partial charge in [-0.05, 0) is 48.2 Å². The normalized spacial score (nSPS) is 14.8. The number of nitrogens with one attached hydrogen (secondary N) is 2. The number of benzene rings is 3. The topological polar surface area (TPSA) is 128 Å². The van der Waals surface area contributed by atoms with Crippen LogP contribution in [0.3, 0.4) is 0 Å². The number of hydrogen-bond acceptors (Lipinski definition) is 5. The van der Waals surface area contributed by atoms with Crippen LogP contribution >= 0.6 is 0 Å². The van der Waals surface area contributed by atoms with E-state index in [0.29, 0.717) is 23.4 Å². The van der Waals surface area contributed by atoms with Gasteiger partial charge in [-0.15, -0.1) is 0 Å². The van der Waals surface area contributed by atoms with Crippen LogP contribution in [0, 0.1) is 0 Å². The lowest BCUT2D eigenvalue weighted by Crippen LogP contribution is -2.42. The molecule has 3 aromatic carbocycles. The Kier molecular flexibility index (Phi) is 10.5. The second-order valence-electron chi connectivity index (χ2n) is 9.39. The van der Waals surface area contributed by atoms with Crippen LogP contribution in [-0.4, -0.2) is 47.5 Å². The first-order chi connectivity index (χ1) is 18.3. The van der Waals surface area contributed by atoms with Crippen LogP contribution in [0.5, 0.6) is 11.5 Å². The fourth-order valence-electron chi connectivity index (χ4n) is 4.80. The fraction of sp³-hybridized carbons (Fsp3) is 0.333. The van der Waals surface area contributed by atoms with Crippen molar-refractivity contribution in [1.82, 2.24) is 10.6 Å². The summed E-state index contributed by atoms with van der Waals surface area (Å²) in [6.45, 7) is 0.576. The molecular weight excluding hydrogens is 484 g/mol. The number of aromatic hydroxyl groups is 1. The minimum absolute atomic E-state index is 0.0388. The van der Waals surface area contributed by atoms with Crippen molar-refractivity contribution in [3.8, 4) is 11.5 Å². The molecule has 0 aliphatic heterocycles. The van der Waals surface area contributed by atoms with Crippen LogP contribution in [0.2, 0.25) is 0 Å². The molecule has 4 rings (SSSR count). The molecule has 38 heavy (non-hydrogen) atoms. The lowest BCUT2D eigenvalue weighted by molar-refractivity contribution is 0.0933. The number of hydrogen-bond donors (Lipinski definition) is 5. The van der Waals surface area contributed by atoms with Gasteiger partial charge in [0.05, 0.1) is 25.3 Å². The number of phenols is 1. The molecule has 0 heterocycles. The molecule has 1 unspecified atom stereocenters. The van der Waals surface area contributed by atoms with E-state index in [4.69, 9.17) is 14.9 Å². The minimum atomic E-state index is -1.19. The van der Waals surface area contributed by atoms with E-state index in [-0.39, 0.29) is 23.6 Å². The Morgan fingerprint density at radius 3 is 2.26 bits per heavy atom. The lowest BCUT2D eigenvalue weighted by Gasteiger charge is -2.38. The van der Waals surface area contributed by atoms with Gasteiger partial charge in [-0.25, -0.2) is 4.79 Å². The number of carbonyl (C=O) groups is 2. The van der Waals surface area contributed by atoms with E-state index in [1.165, 1.54) is 37.0 Å². The van der Waals surface area contributed by atoms with Gasteiger partial charge in [-0.3, -0.25) is 4.79 Å². The molecule has 0 radical (unpaired) electrons. The van der Waals surface area contributed by atoms with Gasteiger partial charge in [0.25, 0.3) is 5.91 Å². The molecule has 0 bridgehead atoms. The maximum atomic E-state index is 12.6. The molecule has 8 heteroatoms. The first-order valence-electron chi connectivity index (χ1n) is 12.8. The zero-order valence-electron chi connectivity index (χ0n) is 21.6. The average Bonchev–Trinajstić information content (AvgIpc) is 2.96. The molecule has 8 nitrogen and oxygen atoms in total. The number of phenolic OH excluding ortho intramolecular Hbond substituents is 1. The Bertz CT molecular complexity index is 1180. The van der Waals surface area contributed by atoms with E-state index in [1.54, 1.807) is 19.2 Å². The molecular formula is C30H36N2O6. The molecule has 202 valence electrons. The number of carbonyl (C=O) groups excluding carboxylic acids is 1. The quantitative estimate of drug-likeness (QED) is 0.284. The second-order valence-corrected chi connectivity index (χ2v) is 9.39. The molecule has 1 atom stereocenters. The van der Waals surface area contributed by atoms with Gasteiger partial charge in [0.1, 0.15) is 11.5 Å². The largest absolute Gasteiger partial charge is 0.508 e. The summed E-state index contributed by atoms with van der Waals surface area (Å²) in [5.74, 6) is 0.595. The Balaban J connectivity index is 0.000000244. The van der Waals surface area contributed by atoms with E-state index in [2.05, 4.69) is 29.6 Å². The molecule has 5 N–H and O–H groups in total. The van der Waals surface area contributed by atoms with Gasteiger partial charge < -0.3 is 30.7 Å². The molecule has 1 fully saturated rings. The first-order valence-corrected chi connectivity index (χ1v) is 12.8. The molecule has 1 aliphatic carbocycles. The zero-order chi connectivity index (χ0) is 27.4. The van der Waals surface area contributed by atoms with Crippen LogP contribution < -0.4 is 15.4 Å². The molecule has 0 aromatic heterocycles. The van der Waals surface area contributed by atoms with E-state index >= 15 is 0 Å². The van der Waals surface area contributed by atoms with Crippen LogP contribution in [0.4, 0.5) is 4.79 Å². The van der Waals surface area contributed by atoms with Crippen LogP contribution in [0.15, 0.2) is 78.9 Å². The van der Waals surface area contributed by atoms with E-state index in [1.807, 2.05) is 35.6 Å². The summed E-state index contributed by atoms with van der Waals surface area (Å²) in [6.07, 6.45) is 3.85. The van der Waals surface area contributed by atoms with Crippen molar-refractivity contribution < 1.29 is 29.6 Å². The summed E-state index contributed by atoms with van der Waals surface area (Å²) in [4.78, 5) is 22.8. The average molecular weight is 521 g/mol. The molecule has 1 saturated carbocycles. The third kappa shape index (κ3) is 7.98. The highest BCUT2D eigenvalue weighted by molar-refractivity contribution is 5.97. The number of rotatable bonds is 8. The Morgan fingerprint density at radius 1 is 0.921 bits per heavy atom. The van der Waals surface area contributed by atoms with Gasteiger partial charge in [-0.2, -0.15) is 0 Å². The van der Waals surface area contributed by atoms with Crippen LogP contribution in [-0.2, 0) is 5.41 Å². The molecule has 3 aromatic rings. The minimum Gasteiger partial charge on any atom is -0.508 e. The van der Waals surface area contributed by atoms with Crippen molar-refractivity contribution in [3.63, 3.8) is 0 Å². The molecule has 2 amide bonds. The highest BCUT2D eigenvalue weighted by atomic mass is 16.5. The van der Waals surface area contributed by atoms with Gasteiger partial charge in [-0.1, -0.05) is 73.9 Å². The summed E-state index contributed by atoms with van der Waals surface area (Å²) in [7, 11) is 1.60. The summed E-state index contributed by atoms with van der Waals surface area (Å²) < 4.78 is 5.31. The third-order valence-corrected chi connectivity index (χ3v) is 6.84. The maximum Gasteiger partial charge on any atom is 0.404 e. The monoisotopic (exact) mass is 520 g/mol. The number of aliphatic hydroxyl groups is 1. The number of methoxy groups -OCH3 is 1. The number of aliphatic hydroxyl groups excluding tert-OH is 1. The molecule has 1 aliphatic rings. The van der Waals surface area contributed by atoms with Gasteiger partial charge in [0.15, 0.2) is 0 Å². The molecule has 0 spiro atoms. The summed E-state index contributed by atoms with van der Waals surface area (Å²) in [6, 6.07) is 24.0. The van der Waals surface area contributed by atoms with E-state index in [0.717, 1.165) is 12.8 Å². The number of amides is 2. The Morgan fingerprint density at radius 2 is 1.61 bits per heavy atom. The van der Waals surface area contributed by atoms with Crippen molar-refractivity contribution in [1.29, 1.82) is 0 Å². The number of ether oxygens (including phenoxy) is 1. The predicted octanol–water partition coefficient (Wildman–Crippen LogP) is 5.02. The lowest BCUT2D eigenvalue weighted by atomic mass is 9.69.